The Morgan fingerprint density at radius 2 is 2.05 bits per heavy atom. The lowest BCUT2D eigenvalue weighted by molar-refractivity contribution is -0.139. The Morgan fingerprint density at radius 3 is 2.74 bits per heavy atom. The molecule has 3 fully saturated rings. The average molecular weight is 268 g/mol. The van der Waals surface area contributed by atoms with Gasteiger partial charge in [-0.3, -0.25) is 0 Å². The number of fused-ring (bicyclic) bond motifs is 1. The minimum Gasteiger partial charge on any atom is -0.480 e. The molecule has 2 N–H and O–H groups in total. The fourth-order valence-electron chi connectivity index (χ4n) is 3.20. The second kappa shape index (κ2) is 5.00. The van der Waals surface area contributed by atoms with Crippen LogP contribution in [-0.4, -0.2) is 53.3 Å². The SMILES string of the molecule is O=C(O)C(NC(=O)N1CCOC2CCCC21)C1CC1. The third-order valence-electron chi connectivity index (χ3n) is 4.38. The standard InChI is InChI=1S/C13H20N2O4/c16-12(17)11(8-4-5-8)14-13(18)15-6-7-19-10-3-1-2-9(10)15/h8-11H,1-7H2,(H,14,18)(H,16,17). The van der Waals surface area contributed by atoms with Gasteiger partial charge in [-0.05, 0) is 38.0 Å². The summed E-state index contributed by atoms with van der Waals surface area (Å²) in [6, 6.07) is -0.836. The Hall–Kier alpha value is -1.30. The maximum absolute atomic E-state index is 12.3. The highest BCUT2D eigenvalue weighted by Crippen LogP contribution is 2.33. The number of carbonyl (C=O) groups excluding carboxylic acids is 1. The number of aliphatic carboxylic acids is 1. The number of morpholine rings is 1. The van der Waals surface area contributed by atoms with Crippen molar-refractivity contribution >= 4 is 12.0 Å². The second-order valence-corrected chi connectivity index (χ2v) is 5.70. The number of carboxylic acid groups (broad SMARTS) is 1. The first-order valence-corrected chi connectivity index (χ1v) is 7.08. The molecule has 0 spiro atoms. The lowest BCUT2D eigenvalue weighted by atomic mass is 10.1. The molecule has 2 amide bonds. The summed E-state index contributed by atoms with van der Waals surface area (Å²) in [4.78, 5) is 25.2. The van der Waals surface area contributed by atoms with Gasteiger partial charge in [0.1, 0.15) is 6.04 Å². The van der Waals surface area contributed by atoms with Gasteiger partial charge in [0.05, 0.1) is 18.8 Å². The van der Waals surface area contributed by atoms with Gasteiger partial charge in [-0.15, -0.1) is 0 Å². The minimum absolute atomic E-state index is 0.113. The van der Waals surface area contributed by atoms with Gasteiger partial charge in [-0.25, -0.2) is 9.59 Å². The van der Waals surface area contributed by atoms with Crippen LogP contribution < -0.4 is 5.32 Å². The van der Waals surface area contributed by atoms with Crippen molar-refractivity contribution in [3.63, 3.8) is 0 Å². The maximum Gasteiger partial charge on any atom is 0.326 e. The number of carbonyl (C=O) groups is 2. The van der Waals surface area contributed by atoms with Gasteiger partial charge in [0.15, 0.2) is 0 Å². The molecular formula is C13H20N2O4. The predicted octanol–water partition coefficient (Wildman–Crippen LogP) is 0.812. The first-order chi connectivity index (χ1) is 9.16. The Kier molecular flexibility index (Phi) is 3.35. The van der Waals surface area contributed by atoms with Crippen LogP contribution in [0, 0.1) is 5.92 Å². The average Bonchev–Trinajstić information content (AvgIpc) is 3.11. The van der Waals surface area contributed by atoms with Crippen molar-refractivity contribution in [2.24, 2.45) is 5.92 Å². The van der Waals surface area contributed by atoms with Crippen LogP contribution in [0.25, 0.3) is 0 Å². The Bertz CT molecular complexity index is 383. The third kappa shape index (κ3) is 2.54. The van der Waals surface area contributed by atoms with Crippen LogP contribution in [0.3, 0.4) is 0 Å². The van der Waals surface area contributed by atoms with Gasteiger partial charge in [0, 0.05) is 6.54 Å². The molecule has 3 unspecified atom stereocenters. The van der Waals surface area contributed by atoms with Crippen LogP contribution in [0.2, 0.25) is 0 Å². The van der Waals surface area contributed by atoms with E-state index in [1.165, 1.54) is 0 Å². The highest BCUT2D eigenvalue weighted by molar-refractivity contribution is 5.83. The van der Waals surface area contributed by atoms with E-state index in [1.54, 1.807) is 4.90 Å². The van der Waals surface area contributed by atoms with E-state index in [2.05, 4.69) is 5.32 Å². The monoisotopic (exact) mass is 268 g/mol. The highest BCUT2D eigenvalue weighted by atomic mass is 16.5. The maximum atomic E-state index is 12.3. The van der Waals surface area contributed by atoms with Crippen molar-refractivity contribution in [2.45, 2.75) is 50.3 Å². The zero-order chi connectivity index (χ0) is 13.4. The molecule has 3 atom stereocenters. The zero-order valence-corrected chi connectivity index (χ0v) is 10.9. The van der Waals surface area contributed by atoms with Crippen LogP contribution in [0.5, 0.6) is 0 Å². The van der Waals surface area contributed by atoms with Gasteiger partial charge in [0.25, 0.3) is 0 Å². The topological polar surface area (TPSA) is 78.9 Å². The van der Waals surface area contributed by atoms with Crippen LogP contribution in [0.4, 0.5) is 4.79 Å². The largest absolute Gasteiger partial charge is 0.480 e. The molecule has 1 saturated heterocycles. The van der Waals surface area contributed by atoms with E-state index in [1.807, 2.05) is 0 Å². The van der Waals surface area contributed by atoms with E-state index in [9.17, 15) is 9.59 Å². The predicted molar refractivity (Wildman–Crippen MR) is 66.8 cm³/mol. The number of rotatable bonds is 3. The first-order valence-electron chi connectivity index (χ1n) is 7.08. The normalized spacial score (nSPS) is 31.7. The van der Waals surface area contributed by atoms with Gasteiger partial charge in [-0.1, -0.05) is 0 Å². The highest BCUT2D eigenvalue weighted by Gasteiger charge is 2.42. The summed E-state index contributed by atoms with van der Waals surface area (Å²) in [5.74, 6) is -0.811. The molecule has 3 rings (SSSR count). The van der Waals surface area contributed by atoms with Crippen LogP contribution in [0.15, 0.2) is 0 Å². The second-order valence-electron chi connectivity index (χ2n) is 5.70. The third-order valence-corrected chi connectivity index (χ3v) is 4.38. The van der Waals surface area contributed by atoms with E-state index >= 15 is 0 Å². The molecule has 3 aliphatic rings. The van der Waals surface area contributed by atoms with Crippen molar-refractivity contribution in [1.29, 1.82) is 0 Å². The number of amides is 2. The Labute approximate surface area is 112 Å². The van der Waals surface area contributed by atoms with Gasteiger partial charge in [0.2, 0.25) is 0 Å². The molecular weight excluding hydrogens is 248 g/mol. The summed E-state index contributed by atoms with van der Waals surface area (Å²) in [6.45, 7) is 1.11. The Morgan fingerprint density at radius 1 is 1.26 bits per heavy atom. The van der Waals surface area contributed by atoms with E-state index in [-0.39, 0.29) is 24.1 Å². The molecule has 2 aliphatic carbocycles. The van der Waals surface area contributed by atoms with Crippen LogP contribution >= 0.6 is 0 Å². The molecule has 19 heavy (non-hydrogen) atoms. The first kappa shape index (κ1) is 12.7. The van der Waals surface area contributed by atoms with Crippen LogP contribution in [-0.2, 0) is 9.53 Å². The number of nitrogens with one attached hydrogen (secondary N) is 1. The molecule has 0 aromatic heterocycles. The van der Waals surface area contributed by atoms with Crippen molar-refractivity contribution in [1.82, 2.24) is 10.2 Å². The van der Waals surface area contributed by atoms with E-state index in [4.69, 9.17) is 9.84 Å². The molecule has 6 nitrogen and oxygen atoms in total. The number of urea groups is 1. The molecule has 6 heteroatoms. The molecule has 0 bridgehead atoms. The van der Waals surface area contributed by atoms with Gasteiger partial charge >= 0.3 is 12.0 Å². The van der Waals surface area contributed by atoms with E-state index < -0.39 is 12.0 Å². The molecule has 106 valence electrons. The van der Waals surface area contributed by atoms with E-state index in [0.717, 1.165) is 32.1 Å². The minimum atomic E-state index is -0.924. The number of carboxylic acids is 1. The van der Waals surface area contributed by atoms with Crippen LogP contribution in [0.1, 0.15) is 32.1 Å². The summed E-state index contributed by atoms with van der Waals surface area (Å²) >= 11 is 0. The quantitative estimate of drug-likeness (QED) is 0.794. The summed E-state index contributed by atoms with van der Waals surface area (Å²) in [7, 11) is 0. The zero-order valence-electron chi connectivity index (χ0n) is 10.9. The lowest BCUT2D eigenvalue weighted by Gasteiger charge is -2.38. The van der Waals surface area contributed by atoms with Gasteiger partial charge in [-0.2, -0.15) is 0 Å². The number of ether oxygens (including phenoxy) is 1. The fourth-order valence-corrected chi connectivity index (χ4v) is 3.20. The van der Waals surface area contributed by atoms with Crippen molar-refractivity contribution in [2.75, 3.05) is 13.2 Å². The fraction of sp³-hybridized carbons (Fsp3) is 0.846. The molecule has 0 radical (unpaired) electrons. The number of hydrogen-bond acceptors (Lipinski definition) is 3. The van der Waals surface area contributed by atoms with E-state index in [0.29, 0.717) is 13.2 Å². The summed E-state index contributed by atoms with van der Waals surface area (Å²) in [6.07, 6.45) is 4.96. The van der Waals surface area contributed by atoms with Crippen molar-refractivity contribution < 1.29 is 19.4 Å². The molecule has 1 aliphatic heterocycles. The molecule has 2 saturated carbocycles. The van der Waals surface area contributed by atoms with Gasteiger partial charge < -0.3 is 20.1 Å². The summed E-state index contributed by atoms with van der Waals surface area (Å²) < 4.78 is 5.66. The summed E-state index contributed by atoms with van der Waals surface area (Å²) in [5, 5.41) is 11.9. The smallest absolute Gasteiger partial charge is 0.326 e. The van der Waals surface area contributed by atoms with Crippen molar-refractivity contribution in [3.8, 4) is 0 Å². The number of nitrogens with zero attached hydrogens (tertiary/aromatic N) is 1. The Balaban J connectivity index is 1.64. The summed E-state index contributed by atoms with van der Waals surface area (Å²) in [5.41, 5.74) is 0. The lowest BCUT2D eigenvalue weighted by Crippen LogP contribution is -2.57. The molecule has 0 aromatic rings. The molecule has 0 aromatic carbocycles. The number of hydrogen-bond donors (Lipinski definition) is 2. The molecule has 1 heterocycles. The van der Waals surface area contributed by atoms with Crippen molar-refractivity contribution in [3.05, 3.63) is 0 Å².